The summed E-state index contributed by atoms with van der Waals surface area (Å²) < 4.78 is 38.4. The summed E-state index contributed by atoms with van der Waals surface area (Å²) >= 11 is -2.85. The fourth-order valence-electron chi connectivity index (χ4n) is 3.50. The van der Waals surface area contributed by atoms with E-state index >= 15 is 0 Å². The minimum absolute atomic E-state index is 0.0267. The van der Waals surface area contributed by atoms with Gasteiger partial charge < -0.3 is 14.8 Å². The van der Waals surface area contributed by atoms with Crippen molar-refractivity contribution < 1.29 is 31.9 Å². The van der Waals surface area contributed by atoms with Gasteiger partial charge in [0, 0.05) is 25.0 Å². The predicted octanol–water partition coefficient (Wildman–Crippen LogP) is -1.02. The Kier molecular flexibility index (Phi) is 5.84. The molecule has 25 heavy (non-hydrogen) atoms. The lowest BCUT2D eigenvalue weighted by molar-refractivity contribution is -0.139. The highest BCUT2D eigenvalue weighted by Gasteiger charge is 2.48. The number of amides is 3. The van der Waals surface area contributed by atoms with Gasteiger partial charge in [-0.2, -0.15) is 9.35 Å². The molecule has 3 unspecified atom stereocenters. The molecule has 0 aromatic heterocycles. The van der Waals surface area contributed by atoms with Gasteiger partial charge in [-0.05, 0) is 19.3 Å². The molecule has 0 aromatic rings. The maximum Gasteiger partial charge on any atom is 0.346 e. The van der Waals surface area contributed by atoms with Gasteiger partial charge in [-0.15, -0.1) is 0 Å². The van der Waals surface area contributed by atoms with Gasteiger partial charge in [0.2, 0.25) is 0 Å². The van der Waals surface area contributed by atoms with Crippen LogP contribution in [0, 0.1) is 5.92 Å². The van der Waals surface area contributed by atoms with E-state index in [1.165, 1.54) is 4.90 Å². The molecule has 0 saturated carbocycles. The molecular formula is C13H20FN4O6S-. The first kappa shape index (κ1) is 18.5. The van der Waals surface area contributed by atoms with Crippen LogP contribution >= 0.6 is 0 Å². The summed E-state index contributed by atoms with van der Waals surface area (Å²) in [6, 6.07) is -1.82. The molecule has 0 aliphatic carbocycles. The largest absolute Gasteiger partial charge is 0.748 e. The lowest BCUT2D eigenvalue weighted by Gasteiger charge is -2.29. The average Bonchev–Trinajstić information content (AvgIpc) is 3.14. The van der Waals surface area contributed by atoms with E-state index in [-0.39, 0.29) is 31.8 Å². The lowest BCUT2D eigenvalue weighted by atomic mass is 10.0. The first-order chi connectivity index (χ1) is 12.0. The summed E-state index contributed by atoms with van der Waals surface area (Å²) in [5.74, 6) is -0.503. The Morgan fingerprint density at radius 1 is 1.48 bits per heavy atom. The van der Waals surface area contributed by atoms with Crippen LogP contribution < -0.4 is 10.8 Å². The fraction of sp³-hybridized carbons (Fsp3) is 0.846. The number of halogens is 1. The van der Waals surface area contributed by atoms with Crippen molar-refractivity contribution in [2.24, 2.45) is 5.92 Å². The van der Waals surface area contributed by atoms with Crippen LogP contribution in [0.5, 0.6) is 0 Å². The number of urea groups is 1. The van der Waals surface area contributed by atoms with Crippen LogP contribution in [-0.2, 0) is 25.3 Å². The second kappa shape index (κ2) is 7.91. The summed E-state index contributed by atoms with van der Waals surface area (Å²) in [6.07, 6.45) is 1.46. The molecule has 5 atom stereocenters. The number of hydrogen-bond donors (Lipinski definition) is 2. The van der Waals surface area contributed by atoms with Gasteiger partial charge in [-0.25, -0.2) is 14.5 Å². The normalized spacial score (nSPS) is 33.0. The molecule has 3 saturated heterocycles. The summed E-state index contributed by atoms with van der Waals surface area (Å²) in [5.41, 5.74) is 2.32. The minimum Gasteiger partial charge on any atom is -0.748 e. The molecule has 3 amide bonds. The Balaban J connectivity index is 1.47. The van der Waals surface area contributed by atoms with Crippen molar-refractivity contribution >= 4 is 23.3 Å². The third-order valence-electron chi connectivity index (χ3n) is 4.76. The van der Waals surface area contributed by atoms with Crippen LogP contribution in [0.4, 0.5) is 9.18 Å². The molecule has 10 nitrogen and oxygen atoms in total. The van der Waals surface area contributed by atoms with Crippen molar-refractivity contribution in [1.29, 1.82) is 0 Å². The zero-order chi connectivity index (χ0) is 18.0. The number of nitrogens with zero attached hydrogens (tertiary/aromatic N) is 2. The van der Waals surface area contributed by atoms with Gasteiger partial charge in [0.15, 0.2) is 0 Å². The molecule has 142 valence electrons. The molecule has 3 heterocycles. The summed E-state index contributed by atoms with van der Waals surface area (Å²) in [5, 5.41) is 3.89. The third-order valence-corrected chi connectivity index (χ3v) is 5.04. The van der Waals surface area contributed by atoms with E-state index in [0.717, 1.165) is 5.06 Å². The molecule has 0 spiro atoms. The Morgan fingerprint density at radius 2 is 2.28 bits per heavy atom. The van der Waals surface area contributed by atoms with E-state index in [2.05, 4.69) is 15.1 Å². The Hall–Kier alpha value is -1.34. The van der Waals surface area contributed by atoms with Crippen LogP contribution in [-0.4, -0.2) is 75.2 Å². The second-order valence-corrected chi connectivity index (χ2v) is 6.98. The fourth-order valence-corrected chi connectivity index (χ4v) is 3.81. The standard InChI is InChI=1S/C13H21FN4O6S/c14-4-8-3-9(15-5-8)7-23-16-12(19)11-2-1-10-6-17(11)13(20)18(10)24-25(21)22/h8-11,15H,1-7H2,(H,16,19)(H,21,22)/p-1/t8-,9-,10?,11?/m0/s1. The van der Waals surface area contributed by atoms with Crippen LogP contribution in [0.15, 0.2) is 0 Å². The maximum absolute atomic E-state index is 12.6. The van der Waals surface area contributed by atoms with Gasteiger partial charge in [0.1, 0.15) is 17.4 Å². The third kappa shape index (κ3) is 4.08. The van der Waals surface area contributed by atoms with Gasteiger partial charge in [0.05, 0.1) is 19.3 Å². The van der Waals surface area contributed by atoms with Crippen molar-refractivity contribution in [3.8, 4) is 0 Å². The number of alkyl halides is 1. The van der Waals surface area contributed by atoms with Crippen LogP contribution in [0.2, 0.25) is 0 Å². The number of nitrogens with one attached hydrogen (secondary N) is 2. The lowest BCUT2D eigenvalue weighted by Crippen LogP contribution is -2.50. The SMILES string of the molecule is O=C(NOC[C@@H]1C[C@@H](CF)CN1)C1CCC2CN1C(=O)N2OS(=O)[O-]. The highest BCUT2D eigenvalue weighted by molar-refractivity contribution is 7.74. The van der Waals surface area contributed by atoms with Crippen LogP contribution in [0.25, 0.3) is 0 Å². The number of hydrogen-bond acceptors (Lipinski definition) is 7. The highest BCUT2D eigenvalue weighted by Crippen LogP contribution is 2.30. The molecule has 2 bridgehead atoms. The molecule has 3 aliphatic rings. The monoisotopic (exact) mass is 379 g/mol. The summed E-state index contributed by atoms with van der Waals surface area (Å²) in [7, 11) is 0. The number of piperidine rings is 1. The summed E-state index contributed by atoms with van der Waals surface area (Å²) in [6.45, 7) is 0.622. The Morgan fingerprint density at radius 3 is 2.96 bits per heavy atom. The molecule has 3 aliphatic heterocycles. The van der Waals surface area contributed by atoms with Crippen molar-refractivity contribution in [2.75, 3.05) is 26.4 Å². The highest BCUT2D eigenvalue weighted by atomic mass is 32.2. The van der Waals surface area contributed by atoms with Crippen molar-refractivity contribution in [2.45, 2.75) is 37.4 Å². The maximum atomic E-state index is 12.6. The second-order valence-electron chi connectivity index (χ2n) is 6.42. The van der Waals surface area contributed by atoms with Crippen LogP contribution in [0.1, 0.15) is 19.3 Å². The molecule has 0 aromatic carbocycles. The van der Waals surface area contributed by atoms with E-state index in [0.29, 0.717) is 25.8 Å². The first-order valence-electron chi connectivity index (χ1n) is 8.08. The molecule has 3 fully saturated rings. The number of carbonyl (C=O) groups is 2. The van der Waals surface area contributed by atoms with E-state index in [1.54, 1.807) is 0 Å². The zero-order valence-electron chi connectivity index (χ0n) is 13.4. The average molecular weight is 379 g/mol. The number of fused-ring (bicyclic) bond motifs is 2. The van der Waals surface area contributed by atoms with Gasteiger partial charge in [0.25, 0.3) is 5.91 Å². The summed E-state index contributed by atoms with van der Waals surface area (Å²) in [4.78, 5) is 30.9. The number of hydroxylamine groups is 3. The van der Waals surface area contributed by atoms with E-state index in [9.17, 15) is 22.7 Å². The topological polar surface area (TPSA) is 123 Å². The molecule has 0 radical (unpaired) electrons. The Labute approximate surface area is 146 Å². The van der Waals surface area contributed by atoms with Crippen molar-refractivity contribution in [3.63, 3.8) is 0 Å². The van der Waals surface area contributed by atoms with E-state index < -0.39 is 35.4 Å². The van der Waals surface area contributed by atoms with E-state index in [4.69, 9.17) is 4.84 Å². The van der Waals surface area contributed by atoms with Gasteiger partial charge in [-0.3, -0.25) is 14.0 Å². The van der Waals surface area contributed by atoms with Crippen LogP contribution in [0.3, 0.4) is 0 Å². The Bertz CT molecular complexity index is 555. The van der Waals surface area contributed by atoms with E-state index in [1.807, 2.05) is 0 Å². The molecular weight excluding hydrogens is 359 g/mol. The first-order valence-corrected chi connectivity index (χ1v) is 9.08. The van der Waals surface area contributed by atoms with Crippen molar-refractivity contribution in [3.05, 3.63) is 0 Å². The molecule has 12 heteroatoms. The van der Waals surface area contributed by atoms with Gasteiger partial charge >= 0.3 is 6.03 Å². The van der Waals surface area contributed by atoms with Gasteiger partial charge in [-0.1, -0.05) is 0 Å². The zero-order valence-corrected chi connectivity index (χ0v) is 14.2. The molecule has 3 rings (SSSR count). The number of rotatable bonds is 7. The van der Waals surface area contributed by atoms with Crippen molar-refractivity contribution in [1.82, 2.24) is 20.8 Å². The minimum atomic E-state index is -2.85. The quantitative estimate of drug-likeness (QED) is 0.428. The predicted molar refractivity (Wildman–Crippen MR) is 80.7 cm³/mol. The molecule has 2 N–H and O–H groups in total. The number of carbonyl (C=O) groups excluding carboxylic acids is 2. The smallest absolute Gasteiger partial charge is 0.346 e.